The van der Waals surface area contributed by atoms with Crippen molar-refractivity contribution in [2.45, 2.75) is 40.7 Å². The molecule has 0 radical (unpaired) electrons. The maximum atomic E-state index is 11.1. The number of carbonyl (C=O) groups excluding carboxylic acids is 1. The highest BCUT2D eigenvalue weighted by Crippen LogP contribution is 2.06. The van der Waals surface area contributed by atoms with E-state index in [4.69, 9.17) is 9.84 Å². The summed E-state index contributed by atoms with van der Waals surface area (Å²) in [7, 11) is 0. The summed E-state index contributed by atoms with van der Waals surface area (Å²) in [6.45, 7) is 6.82. The van der Waals surface area contributed by atoms with Crippen molar-refractivity contribution in [2.24, 2.45) is 5.92 Å². The third-order valence-electron chi connectivity index (χ3n) is 1.37. The van der Waals surface area contributed by atoms with Crippen LogP contribution in [0.4, 0.5) is 4.79 Å². The van der Waals surface area contributed by atoms with Crippen molar-refractivity contribution in [1.29, 1.82) is 0 Å². The number of amides is 1. The molecule has 5 heteroatoms. The maximum absolute atomic E-state index is 11.1. The van der Waals surface area contributed by atoms with Gasteiger partial charge in [0, 0.05) is 6.54 Å². The number of ether oxygens (including phenoxy) is 1. The minimum Gasteiger partial charge on any atom is -0.481 e. The lowest BCUT2D eigenvalue weighted by molar-refractivity contribution is -0.140. The molecule has 0 rings (SSSR count). The Hall–Kier alpha value is -1.26. The van der Waals surface area contributed by atoms with E-state index in [-0.39, 0.29) is 14.0 Å². The monoisotopic (exact) mass is 219 g/mol. The molecule has 1 atom stereocenters. The van der Waals surface area contributed by atoms with Gasteiger partial charge in [0.15, 0.2) is 0 Å². The predicted octanol–water partition coefficient (Wildman–Crippen LogP) is 1.87. The number of carbonyl (C=O) groups is 2. The molecule has 0 fully saturated rings. The first-order valence-electron chi connectivity index (χ1n) is 4.42. The highest BCUT2D eigenvalue weighted by atomic mass is 16.6. The highest BCUT2D eigenvalue weighted by Gasteiger charge is 2.17. The summed E-state index contributed by atoms with van der Waals surface area (Å²) in [6.07, 6.45) is -0.592. The van der Waals surface area contributed by atoms with Gasteiger partial charge in [-0.05, 0) is 20.8 Å². The molecule has 15 heavy (non-hydrogen) atoms. The molecule has 0 aromatic rings. The summed E-state index contributed by atoms with van der Waals surface area (Å²) in [5.74, 6) is -1.55. The van der Waals surface area contributed by atoms with Gasteiger partial charge in [-0.25, -0.2) is 4.79 Å². The average molecular weight is 219 g/mol. The molecule has 0 spiro atoms. The fraction of sp³-hybridized carbons (Fsp3) is 0.800. The Labute approximate surface area is 90.8 Å². The molecule has 0 unspecified atom stereocenters. The van der Waals surface area contributed by atoms with E-state index < -0.39 is 23.6 Å². The zero-order valence-electron chi connectivity index (χ0n) is 8.96. The molecule has 90 valence electrons. The van der Waals surface area contributed by atoms with Crippen LogP contribution in [0.5, 0.6) is 0 Å². The number of nitrogens with one attached hydrogen (secondary N) is 1. The number of carboxylic acid groups (broad SMARTS) is 1. The van der Waals surface area contributed by atoms with Crippen LogP contribution in [0.1, 0.15) is 35.1 Å². The number of hydrogen-bond acceptors (Lipinski definition) is 3. The molecule has 1 amide bonds. The van der Waals surface area contributed by atoms with Crippen LogP contribution in [0.15, 0.2) is 0 Å². The van der Waals surface area contributed by atoms with E-state index >= 15 is 0 Å². The number of aliphatic carboxylic acids is 1. The second kappa shape index (κ2) is 6.27. The van der Waals surface area contributed by atoms with Gasteiger partial charge in [-0.1, -0.05) is 14.4 Å². The van der Waals surface area contributed by atoms with Crippen molar-refractivity contribution in [1.82, 2.24) is 5.32 Å². The van der Waals surface area contributed by atoms with Gasteiger partial charge in [0.1, 0.15) is 5.60 Å². The van der Waals surface area contributed by atoms with Gasteiger partial charge in [0.2, 0.25) is 0 Å². The van der Waals surface area contributed by atoms with Gasteiger partial charge < -0.3 is 15.2 Å². The Morgan fingerprint density at radius 2 is 1.87 bits per heavy atom. The normalized spacial score (nSPS) is 12.3. The molecule has 0 aromatic carbocycles. The van der Waals surface area contributed by atoms with Crippen molar-refractivity contribution in [3.63, 3.8) is 0 Å². The van der Waals surface area contributed by atoms with E-state index in [1.54, 1.807) is 20.8 Å². The third kappa shape index (κ3) is 9.05. The predicted molar refractivity (Wildman–Crippen MR) is 57.8 cm³/mol. The van der Waals surface area contributed by atoms with Crippen LogP contribution in [0, 0.1) is 5.92 Å². The van der Waals surface area contributed by atoms with Crippen molar-refractivity contribution in [2.75, 3.05) is 6.54 Å². The summed E-state index contributed by atoms with van der Waals surface area (Å²) in [4.78, 5) is 21.5. The van der Waals surface area contributed by atoms with E-state index in [0.717, 1.165) is 0 Å². The molecule has 2 N–H and O–H groups in total. The van der Waals surface area contributed by atoms with Gasteiger partial charge in [-0.2, -0.15) is 0 Å². The average Bonchev–Trinajstić information content (AvgIpc) is 1.96. The van der Waals surface area contributed by atoms with Crippen LogP contribution < -0.4 is 5.32 Å². The van der Waals surface area contributed by atoms with Crippen LogP contribution in [0.3, 0.4) is 0 Å². The fourth-order valence-electron chi connectivity index (χ4n) is 0.638. The molecule has 0 saturated heterocycles. The standard InChI is InChI=1S/C9H17NO4.CH4/c1-6(7(11)12)5-10-8(13)14-9(2,3)4;/h6H,5H2,1-4H3,(H,10,13)(H,11,12);1H4/t6-;/m0./s1. The molecular weight excluding hydrogens is 198 g/mol. The van der Waals surface area contributed by atoms with Gasteiger partial charge in [0.25, 0.3) is 0 Å². The van der Waals surface area contributed by atoms with Crippen LogP contribution >= 0.6 is 0 Å². The second-order valence-electron chi connectivity index (χ2n) is 4.12. The number of alkyl carbamates (subject to hydrolysis) is 1. The first-order chi connectivity index (χ1) is 6.22. The zero-order valence-corrected chi connectivity index (χ0v) is 8.96. The number of rotatable bonds is 3. The molecule has 0 aliphatic carbocycles. The van der Waals surface area contributed by atoms with Crippen molar-refractivity contribution in [3.8, 4) is 0 Å². The van der Waals surface area contributed by atoms with Crippen LogP contribution in [-0.4, -0.2) is 29.3 Å². The topological polar surface area (TPSA) is 75.6 Å². The van der Waals surface area contributed by atoms with E-state index in [1.807, 2.05) is 0 Å². The van der Waals surface area contributed by atoms with Crippen molar-refractivity contribution in [3.05, 3.63) is 0 Å². The molecule has 0 aromatic heterocycles. The molecular formula is C10H21NO4. The van der Waals surface area contributed by atoms with Gasteiger partial charge in [-0.3, -0.25) is 4.79 Å². The summed E-state index contributed by atoms with van der Waals surface area (Å²) < 4.78 is 4.92. The Bertz CT molecular complexity index is 220. The number of hydrogen-bond donors (Lipinski definition) is 2. The lowest BCUT2D eigenvalue weighted by atomic mass is 10.2. The van der Waals surface area contributed by atoms with E-state index in [9.17, 15) is 9.59 Å². The van der Waals surface area contributed by atoms with Gasteiger partial charge in [0.05, 0.1) is 5.92 Å². The molecule has 0 aliphatic heterocycles. The smallest absolute Gasteiger partial charge is 0.407 e. The Morgan fingerprint density at radius 3 is 2.20 bits per heavy atom. The van der Waals surface area contributed by atoms with E-state index in [0.29, 0.717) is 0 Å². The Kier molecular flexibility index (Phi) is 6.76. The SMILES string of the molecule is C.C[C@@H](CNC(=O)OC(C)(C)C)C(=O)O. The minimum absolute atomic E-state index is 0. The lowest BCUT2D eigenvalue weighted by Gasteiger charge is -2.20. The van der Waals surface area contributed by atoms with E-state index in [1.165, 1.54) is 6.92 Å². The summed E-state index contributed by atoms with van der Waals surface area (Å²) in [6, 6.07) is 0. The minimum atomic E-state index is -0.943. The largest absolute Gasteiger partial charge is 0.481 e. The second-order valence-corrected chi connectivity index (χ2v) is 4.12. The number of carboxylic acids is 1. The summed E-state index contributed by atoms with van der Waals surface area (Å²) >= 11 is 0. The first-order valence-corrected chi connectivity index (χ1v) is 4.42. The van der Waals surface area contributed by atoms with E-state index in [2.05, 4.69) is 5.32 Å². The first kappa shape index (κ1) is 16.2. The molecule has 0 heterocycles. The zero-order chi connectivity index (χ0) is 11.4. The quantitative estimate of drug-likeness (QED) is 0.759. The van der Waals surface area contributed by atoms with Gasteiger partial charge >= 0.3 is 12.1 Å². The summed E-state index contributed by atoms with van der Waals surface area (Å²) in [5.41, 5.74) is -0.559. The van der Waals surface area contributed by atoms with Crippen LogP contribution in [0.25, 0.3) is 0 Å². The lowest BCUT2D eigenvalue weighted by Crippen LogP contribution is -2.36. The fourth-order valence-corrected chi connectivity index (χ4v) is 0.638. The van der Waals surface area contributed by atoms with Crippen molar-refractivity contribution >= 4 is 12.1 Å². The van der Waals surface area contributed by atoms with Crippen LogP contribution in [-0.2, 0) is 9.53 Å². The highest BCUT2D eigenvalue weighted by molar-refractivity contribution is 5.72. The van der Waals surface area contributed by atoms with Crippen molar-refractivity contribution < 1.29 is 19.4 Å². The maximum Gasteiger partial charge on any atom is 0.407 e. The Balaban J connectivity index is 0. The molecule has 0 bridgehead atoms. The molecule has 5 nitrogen and oxygen atoms in total. The van der Waals surface area contributed by atoms with Gasteiger partial charge in [-0.15, -0.1) is 0 Å². The summed E-state index contributed by atoms with van der Waals surface area (Å²) in [5, 5.41) is 10.9. The Morgan fingerprint density at radius 1 is 1.40 bits per heavy atom. The molecule has 0 aliphatic rings. The third-order valence-corrected chi connectivity index (χ3v) is 1.37. The van der Waals surface area contributed by atoms with Crippen LogP contribution in [0.2, 0.25) is 0 Å². The molecule has 0 saturated carbocycles.